The lowest BCUT2D eigenvalue weighted by Gasteiger charge is -2.09. The summed E-state index contributed by atoms with van der Waals surface area (Å²) in [6.45, 7) is 4.12. The number of nitrogens with zero attached hydrogens (tertiary/aromatic N) is 2. The highest BCUT2D eigenvalue weighted by Crippen LogP contribution is 2.21. The molecule has 28 heavy (non-hydrogen) atoms. The topological polar surface area (TPSA) is 84.0 Å². The van der Waals surface area contributed by atoms with E-state index in [0.29, 0.717) is 6.54 Å². The molecule has 0 aliphatic rings. The number of carbonyl (C=O) groups excluding carboxylic acids is 2. The highest BCUT2D eigenvalue weighted by Gasteiger charge is 2.10. The van der Waals surface area contributed by atoms with E-state index < -0.39 is 0 Å². The van der Waals surface area contributed by atoms with Crippen LogP contribution < -0.4 is 10.6 Å². The molecule has 0 fully saturated rings. The van der Waals surface area contributed by atoms with Crippen molar-refractivity contribution in [1.82, 2.24) is 15.3 Å². The second kappa shape index (κ2) is 9.23. The molecule has 1 aromatic carbocycles. The van der Waals surface area contributed by atoms with Gasteiger partial charge in [0.05, 0.1) is 17.8 Å². The van der Waals surface area contributed by atoms with E-state index in [2.05, 4.69) is 20.6 Å². The van der Waals surface area contributed by atoms with Crippen LogP contribution in [0, 0.1) is 5.92 Å². The molecule has 2 aromatic heterocycles. The fourth-order valence-electron chi connectivity index (χ4n) is 2.42. The Kier molecular flexibility index (Phi) is 6.49. The van der Waals surface area contributed by atoms with Crippen LogP contribution in [0.2, 0.25) is 0 Å². The average Bonchev–Trinajstić information content (AvgIpc) is 3.16. The smallest absolute Gasteiger partial charge is 0.226 e. The maximum atomic E-state index is 12.2. The lowest BCUT2D eigenvalue weighted by molar-refractivity contribution is -0.120. The predicted octanol–water partition coefficient (Wildman–Crippen LogP) is 3.66. The molecule has 0 atom stereocenters. The van der Waals surface area contributed by atoms with Gasteiger partial charge in [0.15, 0.2) is 0 Å². The summed E-state index contributed by atoms with van der Waals surface area (Å²) in [7, 11) is 0. The Morgan fingerprint density at radius 2 is 1.89 bits per heavy atom. The molecule has 0 spiro atoms. The summed E-state index contributed by atoms with van der Waals surface area (Å²) in [5.74, 6) is -0.174. The van der Waals surface area contributed by atoms with Crippen LogP contribution in [-0.2, 0) is 22.6 Å². The number of carbonyl (C=O) groups is 2. The van der Waals surface area contributed by atoms with E-state index in [1.807, 2.05) is 61.7 Å². The second-order valence-corrected chi connectivity index (χ2v) is 7.51. The van der Waals surface area contributed by atoms with Crippen molar-refractivity contribution in [2.45, 2.75) is 26.8 Å². The predicted molar refractivity (Wildman–Crippen MR) is 111 cm³/mol. The molecule has 3 rings (SSSR count). The van der Waals surface area contributed by atoms with E-state index >= 15 is 0 Å². The molecule has 3 aromatic rings. The minimum Gasteiger partial charge on any atom is -0.352 e. The van der Waals surface area contributed by atoms with Crippen molar-refractivity contribution >= 4 is 28.8 Å². The molecule has 0 aliphatic heterocycles. The summed E-state index contributed by atoms with van der Waals surface area (Å²) in [6.07, 6.45) is 1.95. The van der Waals surface area contributed by atoms with Gasteiger partial charge in [-0.1, -0.05) is 32.0 Å². The van der Waals surface area contributed by atoms with Crippen LogP contribution in [-0.4, -0.2) is 21.8 Å². The van der Waals surface area contributed by atoms with Gasteiger partial charge in [0.25, 0.3) is 0 Å². The molecule has 144 valence electrons. The van der Waals surface area contributed by atoms with Gasteiger partial charge in [0.1, 0.15) is 5.01 Å². The normalized spacial score (nSPS) is 10.7. The van der Waals surface area contributed by atoms with Crippen molar-refractivity contribution in [2.75, 3.05) is 5.32 Å². The summed E-state index contributed by atoms with van der Waals surface area (Å²) >= 11 is 1.48. The van der Waals surface area contributed by atoms with Crippen LogP contribution in [0.1, 0.15) is 25.1 Å². The molecular weight excluding hydrogens is 372 g/mol. The molecule has 2 N–H and O–H groups in total. The minimum absolute atomic E-state index is 0.0191. The Bertz CT molecular complexity index is 937. The van der Waals surface area contributed by atoms with Crippen molar-refractivity contribution in [3.05, 3.63) is 65.3 Å². The SMILES string of the molecule is CC(C)C(=O)Nc1ccc(CNC(=O)Cc2csc(-c3ccccn3)n2)cc1. The van der Waals surface area contributed by atoms with Crippen LogP contribution in [0.25, 0.3) is 10.7 Å². The van der Waals surface area contributed by atoms with Crippen molar-refractivity contribution in [2.24, 2.45) is 5.92 Å². The number of rotatable bonds is 7. The summed E-state index contributed by atoms with van der Waals surface area (Å²) in [6, 6.07) is 13.1. The van der Waals surface area contributed by atoms with Gasteiger partial charge in [0, 0.05) is 29.7 Å². The highest BCUT2D eigenvalue weighted by atomic mass is 32.1. The minimum atomic E-state index is -0.0879. The van der Waals surface area contributed by atoms with E-state index in [4.69, 9.17) is 0 Å². The summed E-state index contributed by atoms with van der Waals surface area (Å²) in [5.41, 5.74) is 3.25. The number of hydrogen-bond acceptors (Lipinski definition) is 5. The van der Waals surface area contributed by atoms with E-state index in [1.54, 1.807) is 6.20 Å². The number of benzene rings is 1. The Hall–Kier alpha value is -3.06. The first-order valence-electron chi connectivity index (χ1n) is 9.03. The number of hydrogen-bond donors (Lipinski definition) is 2. The van der Waals surface area contributed by atoms with Gasteiger partial charge in [0.2, 0.25) is 11.8 Å². The van der Waals surface area contributed by atoms with Gasteiger partial charge in [-0.15, -0.1) is 11.3 Å². The van der Waals surface area contributed by atoms with Crippen LogP contribution in [0.5, 0.6) is 0 Å². The maximum Gasteiger partial charge on any atom is 0.226 e. The molecule has 6 nitrogen and oxygen atoms in total. The summed E-state index contributed by atoms with van der Waals surface area (Å²) in [5, 5.41) is 8.43. The highest BCUT2D eigenvalue weighted by molar-refractivity contribution is 7.13. The van der Waals surface area contributed by atoms with Crippen LogP contribution in [0.4, 0.5) is 5.69 Å². The van der Waals surface area contributed by atoms with Gasteiger partial charge in [-0.3, -0.25) is 14.6 Å². The van der Waals surface area contributed by atoms with Crippen molar-refractivity contribution in [1.29, 1.82) is 0 Å². The third-order valence-electron chi connectivity index (χ3n) is 4.01. The van der Waals surface area contributed by atoms with Crippen molar-refractivity contribution in [3.63, 3.8) is 0 Å². The first-order chi connectivity index (χ1) is 13.5. The lowest BCUT2D eigenvalue weighted by Crippen LogP contribution is -2.24. The summed E-state index contributed by atoms with van der Waals surface area (Å²) in [4.78, 5) is 32.7. The number of amides is 2. The van der Waals surface area contributed by atoms with Crippen molar-refractivity contribution < 1.29 is 9.59 Å². The molecule has 0 unspecified atom stereocenters. The quantitative estimate of drug-likeness (QED) is 0.641. The Balaban J connectivity index is 1.49. The number of anilines is 1. The third kappa shape index (κ3) is 5.47. The molecule has 0 radical (unpaired) electrons. The van der Waals surface area contributed by atoms with Gasteiger partial charge in [-0.2, -0.15) is 0 Å². The van der Waals surface area contributed by atoms with Gasteiger partial charge in [-0.05, 0) is 29.8 Å². The number of thiazole rings is 1. The third-order valence-corrected chi connectivity index (χ3v) is 4.93. The van der Waals surface area contributed by atoms with Crippen LogP contribution >= 0.6 is 11.3 Å². The molecule has 2 amide bonds. The van der Waals surface area contributed by atoms with Crippen molar-refractivity contribution in [3.8, 4) is 10.7 Å². The molecule has 0 saturated carbocycles. The summed E-state index contributed by atoms with van der Waals surface area (Å²) < 4.78 is 0. The Morgan fingerprint density at radius 3 is 2.57 bits per heavy atom. The second-order valence-electron chi connectivity index (χ2n) is 6.65. The number of pyridine rings is 1. The first kappa shape index (κ1) is 19.7. The fourth-order valence-corrected chi connectivity index (χ4v) is 3.21. The monoisotopic (exact) mass is 394 g/mol. The zero-order valence-corrected chi connectivity index (χ0v) is 16.6. The molecule has 0 aliphatic carbocycles. The van der Waals surface area contributed by atoms with E-state index in [0.717, 1.165) is 27.6 Å². The molecule has 2 heterocycles. The molecular formula is C21H22N4O2S. The van der Waals surface area contributed by atoms with Gasteiger partial charge >= 0.3 is 0 Å². The van der Waals surface area contributed by atoms with Gasteiger partial charge < -0.3 is 10.6 Å². The lowest BCUT2D eigenvalue weighted by atomic mass is 10.1. The van der Waals surface area contributed by atoms with Crippen LogP contribution in [0.15, 0.2) is 54.0 Å². The molecule has 0 bridgehead atoms. The van der Waals surface area contributed by atoms with E-state index in [-0.39, 0.29) is 24.2 Å². The Labute approximate surface area is 168 Å². The molecule has 0 saturated heterocycles. The fraction of sp³-hybridized carbons (Fsp3) is 0.238. The van der Waals surface area contributed by atoms with Crippen LogP contribution in [0.3, 0.4) is 0 Å². The first-order valence-corrected chi connectivity index (χ1v) is 9.91. The van der Waals surface area contributed by atoms with E-state index in [9.17, 15) is 9.59 Å². The van der Waals surface area contributed by atoms with E-state index in [1.165, 1.54) is 11.3 Å². The number of aromatic nitrogens is 2. The maximum absolute atomic E-state index is 12.2. The van der Waals surface area contributed by atoms with Gasteiger partial charge in [-0.25, -0.2) is 4.98 Å². The standard InChI is InChI=1S/C21H22N4O2S/c1-14(2)20(27)24-16-8-6-15(7-9-16)12-23-19(26)11-17-13-28-21(25-17)18-5-3-4-10-22-18/h3-10,13-14H,11-12H2,1-2H3,(H,23,26)(H,24,27). The average molecular weight is 395 g/mol. The zero-order chi connectivity index (χ0) is 19.9. The zero-order valence-electron chi connectivity index (χ0n) is 15.8. The largest absolute Gasteiger partial charge is 0.352 e. The number of nitrogens with one attached hydrogen (secondary N) is 2. The Morgan fingerprint density at radius 1 is 1.11 bits per heavy atom. The molecule has 7 heteroatoms.